The Kier molecular flexibility index (Phi) is 5.63. The van der Waals surface area contributed by atoms with Crippen LogP contribution in [-0.4, -0.2) is 35.2 Å². The molecular formula is C25H24O5. The van der Waals surface area contributed by atoms with E-state index in [1.807, 2.05) is 24.3 Å². The second-order valence-electron chi connectivity index (χ2n) is 6.78. The van der Waals surface area contributed by atoms with Crippen molar-refractivity contribution < 1.29 is 23.7 Å². The molecule has 0 radical (unpaired) electrons. The molecule has 0 aromatic heterocycles. The standard InChI is InChI=1S/C25H24O5/c1-26-15-30-24-14-16(27-2)8-9-21(24)18-7-5-6-17-19(18)10-11-22-20(17)12-13-23(28-3)25(22)29-4/h5-14H,15H2,1-4H3. The van der Waals surface area contributed by atoms with Crippen molar-refractivity contribution >= 4 is 21.5 Å². The molecule has 154 valence electrons. The molecule has 0 saturated carbocycles. The summed E-state index contributed by atoms with van der Waals surface area (Å²) in [6.45, 7) is 0.158. The van der Waals surface area contributed by atoms with Gasteiger partial charge in [0.05, 0.1) is 21.3 Å². The summed E-state index contributed by atoms with van der Waals surface area (Å²) in [6.07, 6.45) is 0. The zero-order valence-electron chi connectivity index (χ0n) is 17.5. The molecule has 0 saturated heterocycles. The number of methoxy groups -OCH3 is 4. The summed E-state index contributed by atoms with van der Waals surface area (Å²) in [7, 11) is 6.55. The normalized spacial score (nSPS) is 10.9. The van der Waals surface area contributed by atoms with Crippen LogP contribution in [0.15, 0.2) is 60.7 Å². The minimum atomic E-state index is 0.158. The van der Waals surface area contributed by atoms with E-state index >= 15 is 0 Å². The van der Waals surface area contributed by atoms with E-state index in [2.05, 4.69) is 36.4 Å². The first-order valence-corrected chi connectivity index (χ1v) is 9.58. The van der Waals surface area contributed by atoms with Crippen LogP contribution >= 0.6 is 0 Å². The van der Waals surface area contributed by atoms with Crippen LogP contribution in [0.25, 0.3) is 32.7 Å². The maximum atomic E-state index is 5.85. The monoisotopic (exact) mass is 404 g/mol. The summed E-state index contributed by atoms with van der Waals surface area (Å²) in [4.78, 5) is 0. The van der Waals surface area contributed by atoms with Crippen LogP contribution in [-0.2, 0) is 4.74 Å². The first kappa shape index (κ1) is 19.9. The van der Waals surface area contributed by atoms with Crippen molar-refractivity contribution in [2.24, 2.45) is 0 Å². The van der Waals surface area contributed by atoms with Gasteiger partial charge in [-0.05, 0) is 52.1 Å². The van der Waals surface area contributed by atoms with Gasteiger partial charge >= 0.3 is 0 Å². The summed E-state index contributed by atoms with van der Waals surface area (Å²) in [6, 6.07) is 20.3. The van der Waals surface area contributed by atoms with Gasteiger partial charge in [-0.25, -0.2) is 0 Å². The lowest BCUT2D eigenvalue weighted by Gasteiger charge is -2.16. The molecule has 0 unspecified atom stereocenters. The molecular weight excluding hydrogens is 380 g/mol. The van der Waals surface area contributed by atoms with E-state index in [0.29, 0.717) is 11.5 Å². The van der Waals surface area contributed by atoms with E-state index in [4.69, 9.17) is 23.7 Å². The van der Waals surface area contributed by atoms with Crippen molar-refractivity contribution in [1.82, 2.24) is 0 Å². The van der Waals surface area contributed by atoms with Gasteiger partial charge in [0.25, 0.3) is 0 Å². The zero-order chi connectivity index (χ0) is 21.1. The highest BCUT2D eigenvalue weighted by molar-refractivity contribution is 6.14. The van der Waals surface area contributed by atoms with Gasteiger partial charge < -0.3 is 23.7 Å². The molecule has 5 heteroatoms. The number of fused-ring (bicyclic) bond motifs is 3. The third kappa shape index (κ3) is 3.37. The molecule has 0 heterocycles. The number of benzene rings is 4. The van der Waals surface area contributed by atoms with Gasteiger partial charge in [0.15, 0.2) is 18.3 Å². The lowest BCUT2D eigenvalue weighted by atomic mass is 9.94. The third-order valence-electron chi connectivity index (χ3n) is 5.21. The largest absolute Gasteiger partial charge is 0.497 e. The molecule has 0 aliphatic heterocycles. The highest BCUT2D eigenvalue weighted by Crippen LogP contribution is 2.42. The molecule has 4 aromatic carbocycles. The van der Waals surface area contributed by atoms with Crippen LogP contribution in [0, 0.1) is 0 Å². The van der Waals surface area contributed by atoms with Crippen molar-refractivity contribution in [3.05, 3.63) is 60.7 Å². The molecule has 0 aliphatic carbocycles. The quantitative estimate of drug-likeness (QED) is 0.293. The maximum absolute atomic E-state index is 5.85. The van der Waals surface area contributed by atoms with Crippen LogP contribution in [0.2, 0.25) is 0 Å². The van der Waals surface area contributed by atoms with Crippen molar-refractivity contribution in [2.75, 3.05) is 35.2 Å². The van der Waals surface area contributed by atoms with Crippen LogP contribution in [0.4, 0.5) is 0 Å². The molecule has 0 atom stereocenters. The Hall–Kier alpha value is -3.44. The minimum Gasteiger partial charge on any atom is -0.497 e. The number of hydrogen-bond acceptors (Lipinski definition) is 5. The number of rotatable bonds is 7. The Morgan fingerprint density at radius 1 is 0.600 bits per heavy atom. The molecule has 0 bridgehead atoms. The molecule has 0 aliphatic rings. The Labute approximate surface area is 175 Å². The van der Waals surface area contributed by atoms with Crippen molar-refractivity contribution in [1.29, 1.82) is 0 Å². The second-order valence-corrected chi connectivity index (χ2v) is 6.78. The number of ether oxygens (including phenoxy) is 5. The lowest BCUT2D eigenvalue weighted by Crippen LogP contribution is -2.01. The van der Waals surface area contributed by atoms with E-state index in [0.717, 1.165) is 44.2 Å². The fourth-order valence-corrected chi connectivity index (χ4v) is 3.83. The summed E-state index contributed by atoms with van der Waals surface area (Å²) in [5.41, 5.74) is 2.04. The predicted octanol–water partition coefficient (Wildman–Crippen LogP) is 5.67. The highest BCUT2D eigenvalue weighted by atomic mass is 16.7. The summed E-state index contributed by atoms with van der Waals surface area (Å²) < 4.78 is 27.4. The molecule has 0 amide bonds. The van der Waals surface area contributed by atoms with E-state index in [9.17, 15) is 0 Å². The lowest BCUT2D eigenvalue weighted by molar-refractivity contribution is 0.0514. The van der Waals surface area contributed by atoms with Crippen molar-refractivity contribution in [3.63, 3.8) is 0 Å². The molecule has 0 fully saturated rings. The fourth-order valence-electron chi connectivity index (χ4n) is 3.83. The van der Waals surface area contributed by atoms with Gasteiger partial charge in [-0.2, -0.15) is 0 Å². The van der Waals surface area contributed by atoms with Crippen molar-refractivity contribution in [3.8, 4) is 34.1 Å². The highest BCUT2D eigenvalue weighted by Gasteiger charge is 2.15. The SMILES string of the molecule is COCOc1cc(OC)ccc1-c1cccc2c1ccc1c(OC)c(OC)ccc12. The second kappa shape index (κ2) is 8.51. The smallest absolute Gasteiger partial charge is 0.188 e. The molecule has 4 aromatic rings. The van der Waals surface area contributed by atoms with Crippen molar-refractivity contribution in [2.45, 2.75) is 0 Å². The van der Waals surface area contributed by atoms with Gasteiger partial charge in [-0.1, -0.05) is 24.3 Å². The van der Waals surface area contributed by atoms with Crippen LogP contribution < -0.4 is 18.9 Å². The summed E-state index contributed by atoms with van der Waals surface area (Å²) >= 11 is 0. The maximum Gasteiger partial charge on any atom is 0.188 e. The Morgan fingerprint density at radius 2 is 1.37 bits per heavy atom. The molecule has 0 spiro atoms. The van der Waals surface area contributed by atoms with E-state index in [1.165, 1.54) is 0 Å². The van der Waals surface area contributed by atoms with Crippen LogP contribution in [0.1, 0.15) is 0 Å². The first-order chi connectivity index (χ1) is 14.7. The Bertz CT molecular complexity index is 1200. The van der Waals surface area contributed by atoms with Crippen LogP contribution in [0.5, 0.6) is 23.0 Å². The average molecular weight is 404 g/mol. The van der Waals surface area contributed by atoms with E-state index in [1.54, 1.807) is 28.4 Å². The summed E-state index contributed by atoms with van der Waals surface area (Å²) in [5, 5.41) is 4.34. The summed E-state index contributed by atoms with van der Waals surface area (Å²) in [5.74, 6) is 2.88. The molecule has 30 heavy (non-hydrogen) atoms. The minimum absolute atomic E-state index is 0.158. The topological polar surface area (TPSA) is 46.2 Å². The van der Waals surface area contributed by atoms with Gasteiger partial charge in [-0.15, -0.1) is 0 Å². The zero-order valence-corrected chi connectivity index (χ0v) is 17.5. The van der Waals surface area contributed by atoms with Gasteiger partial charge in [-0.3, -0.25) is 0 Å². The van der Waals surface area contributed by atoms with Gasteiger partial charge in [0.2, 0.25) is 0 Å². The third-order valence-corrected chi connectivity index (χ3v) is 5.21. The average Bonchev–Trinajstić information content (AvgIpc) is 2.80. The van der Waals surface area contributed by atoms with E-state index in [-0.39, 0.29) is 6.79 Å². The molecule has 4 rings (SSSR count). The van der Waals surface area contributed by atoms with Crippen LogP contribution in [0.3, 0.4) is 0 Å². The van der Waals surface area contributed by atoms with Gasteiger partial charge in [0, 0.05) is 24.1 Å². The Balaban J connectivity index is 1.96. The predicted molar refractivity (Wildman–Crippen MR) is 119 cm³/mol. The fraction of sp³-hybridized carbons (Fsp3) is 0.200. The number of hydrogen-bond donors (Lipinski definition) is 0. The molecule has 5 nitrogen and oxygen atoms in total. The van der Waals surface area contributed by atoms with Gasteiger partial charge in [0.1, 0.15) is 11.5 Å². The van der Waals surface area contributed by atoms with E-state index < -0.39 is 0 Å². The molecule has 0 N–H and O–H groups in total. The Morgan fingerprint density at radius 3 is 2.10 bits per heavy atom. The first-order valence-electron chi connectivity index (χ1n) is 9.58.